The van der Waals surface area contributed by atoms with Gasteiger partial charge in [-0.2, -0.15) is 4.98 Å². The molecule has 1 amide bonds. The van der Waals surface area contributed by atoms with Gasteiger partial charge in [-0.05, 0) is 30.7 Å². The fourth-order valence-corrected chi connectivity index (χ4v) is 2.44. The number of hydrogen-bond acceptors (Lipinski definition) is 7. The molecular formula is C16H19BrN6O2. The van der Waals surface area contributed by atoms with Gasteiger partial charge >= 0.3 is 0 Å². The van der Waals surface area contributed by atoms with Crippen molar-refractivity contribution in [3.05, 3.63) is 40.5 Å². The second-order valence-electron chi connectivity index (χ2n) is 5.47. The van der Waals surface area contributed by atoms with Crippen LogP contribution in [0.2, 0.25) is 0 Å². The second-order valence-corrected chi connectivity index (χ2v) is 6.39. The lowest BCUT2D eigenvalue weighted by Gasteiger charge is -2.19. The summed E-state index contributed by atoms with van der Waals surface area (Å²) in [6, 6.07) is 6.81. The zero-order valence-electron chi connectivity index (χ0n) is 13.6. The fourth-order valence-electron chi connectivity index (χ4n) is 2.04. The van der Waals surface area contributed by atoms with Gasteiger partial charge in [0.05, 0.1) is 6.04 Å². The molecule has 0 bridgehead atoms. The van der Waals surface area contributed by atoms with Gasteiger partial charge < -0.3 is 26.9 Å². The normalized spacial score (nSPS) is 12.9. The average Bonchev–Trinajstić information content (AvgIpc) is 2.59. The highest BCUT2D eigenvalue weighted by atomic mass is 79.9. The van der Waals surface area contributed by atoms with Crippen molar-refractivity contribution in [1.82, 2.24) is 9.97 Å². The molecule has 0 aliphatic heterocycles. The van der Waals surface area contributed by atoms with E-state index in [-0.39, 0.29) is 23.2 Å². The third-order valence-corrected chi connectivity index (χ3v) is 4.06. The van der Waals surface area contributed by atoms with Gasteiger partial charge in [0.2, 0.25) is 5.95 Å². The number of anilines is 3. The number of rotatable bonds is 8. The molecule has 132 valence electrons. The highest BCUT2D eigenvalue weighted by molar-refractivity contribution is 9.10. The summed E-state index contributed by atoms with van der Waals surface area (Å²) >= 11 is 3.38. The number of primary amides is 1. The maximum Gasteiger partial charge on any atom is 0.254 e. The molecule has 0 radical (unpaired) electrons. The van der Waals surface area contributed by atoms with Crippen LogP contribution in [0.4, 0.5) is 17.5 Å². The Morgan fingerprint density at radius 1 is 1.44 bits per heavy atom. The van der Waals surface area contributed by atoms with E-state index in [0.29, 0.717) is 12.2 Å². The van der Waals surface area contributed by atoms with Crippen LogP contribution in [0.3, 0.4) is 0 Å². The molecule has 8 nitrogen and oxygen atoms in total. The number of carbonyl (C=O) groups excluding carboxylic acids is 2. The van der Waals surface area contributed by atoms with E-state index in [1.165, 1.54) is 6.20 Å². The Morgan fingerprint density at radius 3 is 2.80 bits per heavy atom. The molecule has 1 aromatic heterocycles. The van der Waals surface area contributed by atoms with Crippen molar-refractivity contribution in [2.24, 2.45) is 17.4 Å². The number of aromatic nitrogens is 2. The molecule has 0 saturated heterocycles. The van der Waals surface area contributed by atoms with Gasteiger partial charge in [-0.15, -0.1) is 0 Å². The summed E-state index contributed by atoms with van der Waals surface area (Å²) in [6.07, 6.45) is 2.07. The van der Waals surface area contributed by atoms with Crippen LogP contribution in [0.15, 0.2) is 34.9 Å². The first-order valence-corrected chi connectivity index (χ1v) is 8.35. The van der Waals surface area contributed by atoms with Gasteiger partial charge in [0.25, 0.3) is 5.91 Å². The van der Waals surface area contributed by atoms with Crippen LogP contribution in [0, 0.1) is 5.92 Å². The van der Waals surface area contributed by atoms with Gasteiger partial charge in [0.15, 0.2) is 0 Å². The molecule has 2 rings (SSSR count). The molecule has 0 aliphatic rings. The van der Waals surface area contributed by atoms with E-state index in [9.17, 15) is 9.59 Å². The van der Waals surface area contributed by atoms with E-state index in [2.05, 4.69) is 36.5 Å². The van der Waals surface area contributed by atoms with Crippen molar-refractivity contribution in [1.29, 1.82) is 0 Å². The molecule has 2 unspecified atom stereocenters. The molecule has 0 aliphatic carbocycles. The number of halogens is 1. The standard InChI is InChI=1S/C16H19BrN6O2/c1-9(6-18)13(8-24)22-16-20-7-12(14(19)25)15(23-16)21-11-4-2-3-10(17)5-11/h2-5,7-9,13H,6,18H2,1H3,(H2,19,25)(H2,20,21,22,23). The van der Waals surface area contributed by atoms with E-state index < -0.39 is 11.9 Å². The van der Waals surface area contributed by atoms with Crippen LogP contribution in [-0.2, 0) is 4.79 Å². The number of nitrogens with one attached hydrogen (secondary N) is 2. The van der Waals surface area contributed by atoms with Crippen molar-refractivity contribution in [2.45, 2.75) is 13.0 Å². The highest BCUT2D eigenvalue weighted by Crippen LogP contribution is 2.22. The lowest BCUT2D eigenvalue weighted by atomic mass is 10.0. The summed E-state index contributed by atoms with van der Waals surface area (Å²) in [5.41, 5.74) is 11.8. The van der Waals surface area contributed by atoms with Crippen molar-refractivity contribution in [3.63, 3.8) is 0 Å². The molecule has 0 spiro atoms. The molecule has 25 heavy (non-hydrogen) atoms. The van der Waals surface area contributed by atoms with E-state index in [4.69, 9.17) is 11.5 Å². The minimum Gasteiger partial charge on any atom is -0.365 e. The molecule has 0 fully saturated rings. The first kappa shape index (κ1) is 18.8. The van der Waals surface area contributed by atoms with E-state index in [1.54, 1.807) is 0 Å². The SMILES string of the molecule is CC(CN)C(C=O)Nc1ncc(C(N)=O)c(Nc2cccc(Br)c2)n1. The Balaban J connectivity index is 2.32. The third kappa shape index (κ3) is 4.97. The van der Waals surface area contributed by atoms with Crippen molar-refractivity contribution >= 4 is 45.6 Å². The molecule has 0 saturated carbocycles. The largest absolute Gasteiger partial charge is 0.365 e. The summed E-state index contributed by atoms with van der Waals surface area (Å²) in [6.45, 7) is 2.17. The van der Waals surface area contributed by atoms with Crippen LogP contribution in [0.25, 0.3) is 0 Å². The Hall–Kier alpha value is -2.52. The van der Waals surface area contributed by atoms with Crippen LogP contribution in [0.5, 0.6) is 0 Å². The quantitative estimate of drug-likeness (QED) is 0.489. The summed E-state index contributed by atoms with van der Waals surface area (Å²) in [4.78, 5) is 31.2. The third-order valence-electron chi connectivity index (χ3n) is 3.57. The second kappa shape index (κ2) is 8.54. The maximum atomic E-state index is 11.6. The van der Waals surface area contributed by atoms with Gasteiger partial charge in [-0.3, -0.25) is 4.79 Å². The van der Waals surface area contributed by atoms with Crippen LogP contribution < -0.4 is 22.1 Å². The van der Waals surface area contributed by atoms with Crippen LogP contribution in [0.1, 0.15) is 17.3 Å². The number of nitrogens with two attached hydrogens (primary N) is 2. The summed E-state index contributed by atoms with van der Waals surface area (Å²) < 4.78 is 0.864. The zero-order valence-corrected chi connectivity index (χ0v) is 15.2. The van der Waals surface area contributed by atoms with Gasteiger partial charge in [-0.1, -0.05) is 28.9 Å². The smallest absolute Gasteiger partial charge is 0.254 e. The van der Waals surface area contributed by atoms with Crippen molar-refractivity contribution in [2.75, 3.05) is 17.2 Å². The van der Waals surface area contributed by atoms with Crippen molar-refractivity contribution < 1.29 is 9.59 Å². The Kier molecular flexibility index (Phi) is 6.43. The Morgan fingerprint density at radius 2 is 2.20 bits per heavy atom. The molecule has 2 atom stereocenters. The van der Waals surface area contributed by atoms with E-state index in [1.807, 2.05) is 31.2 Å². The zero-order chi connectivity index (χ0) is 18.4. The number of nitrogens with zero attached hydrogens (tertiary/aromatic N) is 2. The lowest BCUT2D eigenvalue weighted by Crippen LogP contribution is -2.34. The average molecular weight is 407 g/mol. The summed E-state index contributed by atoms with van der Waals surface area (Å²) in [5.74, 6) is -0.322. The maximum absolute atomic E-state index is 11.6. The number of aldehydes is 1. The first-order chi connectivity index (χ1) is 11.9. The van der Waals surface area contributed by atoms with Gasteiger partial charge in [-0.25, -0.2) is 4.98 Å². The first-order valence-electron chi connectivity index (χ1n) is 7.56. The summed E-state index contributed by atoms with van der Waals surface area (Å²) in [5, 5.41) is 5.95. The lowest BCUT2D eigenvalue weighted by molar-refractivity contribution is -0.109. The molecule has 6 N–H and O–H groups in total. The van der Waals surface area contributed by atoms with Crippen molar-refractivity contribution in [3.8, 4) is 0 Å². The summed E-state index contributed by atoms with van der Waals surface area (Å²) in [7, 11) is 0. The van der Waals surface area contributed by atoms with Crippen LogP contribution in [-0.4, -0.2) is 34.7 Å². The molecule has 1 aromatic carbocycles. The molecule has 9 heteroatoms. The van der Waals surface area contributed by atoms with E-state index >= 15 is 0 Å². The van der Waals surface area contributed by atoms with Gasteiger partial charge in [0, 0.05) is 16.4 Å². The monoisotopic (exact) mass is 406 g/mol. The topological polar surface area (TPSA) is 136 Å². The van der Waals surface area contributed by atoms with E-state index in [0.717, 1.165) is 10.8 Å². The number of amides is 1. The Labute approximate surface area is 153 Å². The number of benzene rings is 1. The van der Waals surface area contributed by atoms with Crippen LogP contribution >= 0.6 is 15.9 Å². The van der Waals surface area contributed by atoms with Gasteiger partial charge in [0.1, 0.15) is 17.7 Å². The highest BCUT2D eigenvalue weighted by Gasteiger charge is 2.18. The predicted molar refractivity (Wildman–Crippen MR) is 99.7 cm³/mol. The minimum atomic E-state index is -0.661. The predicted octanol–water partition coefficient (Wildman–Crippen LogP) is 1.66. The fraction of sp³-hybridized carbons (Fsp3) is 0.250. The minimum absolute atomic E-state index is 0.0987. The molecular weight excluding hydrogens is 388 g/mol. The number of hydrogen-bond donors (Lipinski definition) is 4. The molecule has 1 heterocycles. The number of carbonyl (C=O) groups is 2. The molecule has 2 aromatic rings. The Bertz CT molecular complexity index is 770.